The maximum atomic E-state index is 13.0. The summed E-state index contributed by atoms with van der Waals surface area (Å²) in [5, 5.41) is 16.4. The number of nitrogens with zero attached hydrogens (tertiary/aromatic N) is 3. The summed E-state index contributed by atoms with van der Waals surface area (Å²) in [7, 11) is 3.06. The van der Waals surface area contributed by atoms with Gasteiger partial charge in [-0.3, -0.25) is 5.32 Å². The van der Waals surface area contributed by atoms with E-state index in [1.54, 1.807) is 31.4 Å². The topological polar surface area (TPSA) is 127 Å². The molecule has 2 heterocycles. The van der Waals surface area contributed by atoms with Gasteiger partial charge in [0.15, 0.2) is 0 Å². The first-order chi connectivity index (χ1) is 22.7. The number of hydrogen-bond acceptors (Lipinski definition) is 10. The molecule has 1 saturated heterocycles. The number of methoxy groups -OCH3 is 2. The molecule has 0 bridgehead atoms. The zero-order chi connectivity index (χ0) is 33.3. The van der Waals surface area contributed by atoms with Crippen molar-refractivity contribution in [3.05, 3.63) is 77.4 Å². The number of aliphatic hydroxyl groups excluding tert-OH is 1. The normalized spacial score (nSPS) is 13.8. The van der Waals surface area contributed by atoms with E-state index in [2.05, 4.69) is 34.4 Å². The highest BCUT2D eigenvalue weighted by molar-refractivity contribution is 5.88. The van der Waals surface area contributed by atoms with Crippen molar-refractivity contribution < 1.29 is 28.8 Å². The lowest BCUT2D eigenvalue weighted by molar-refractivity contribution is 0.0617. The molecule has 1 fully saturated rings. The molecule has 0 aliphatic carbocycles. The first kappa shape index (κ1) is 33.5. The lowest BCUT2D eigenvalue weighted by Gasteiger charge is -2.28. The zero-order valence-electron chi connectivity index (χ0n) is 27.6. The molecule has 3 N–H and O–H groups in total. The number of carbonyl (C=O) groups is 1. The second-order valence-corrected chi connectivity index (χ2v) is 11.7. The minimum atomic E-state index is -0.746. The van der Waals surface area contributed by atoms with Crippen LogP contribution >= 0.6 is 0 Å². The second-order valence-electron chi connectivity index (χ2n) is 11.7. The number of piperidine rings is 1. The van der Waals surface area contributed by atoms with E-state index in [0.29, 0.717) is 40.9 Å². The van der Waals surface area contributed by atoms with Crippen LogP contribution in [0.3, 0.4) is 0 Å². The van der Waals surface area contributed by atoms with Crippen molar-refractivity contribution >= 4 is 23.4 Å². The third-order valence-electron chi connectivity index (χ3n) is 8.35. The smallest absolute Gasteiger partial charge is 0.418 e. The number of aliphatic hydroxyl groups is 1. The summed E-state index contributed by atoms with van der Waals surface area (Å²) < 4.78 is 22.1. The van der Waals surface area contributed by atoms with Crippen LogP contribution in [0.4, 0.5) is 22.1 Å². The number of anilines is 3. The highest BCUT2D eigenvalue weighted by atomic mass is 16.6. The van der Waals surface area contributed by atoms with E-state index < -0.39 is 12.2 Å². The SMILES string of the molecule is COc1ccc(NC(=O)Oc2cc(-c3ccc(C)c(C)c3C)nc(Nc3ccc(OCC(O)CN4CCCCC4)cc3)n2)c(OC)c1. The molecule has 11 heteroatoms. The first-order valence-corrected chi connectivity index (χ1v) is 15.8. The van der Waals surface area contributed by atoms with E-state index >= 15 is 0 Å². The van der Waals surface area contributed by atoms with Gasteiger partial charge in [0.1, 0.15) is 30.0 Å². The summed E-state index contributed by atoms with van der Waals surface area (Å²) in [5.41, 5.74) is 6.00. The van der Waals surface area contributed by atoms with E-state index in [1.807, 2.05) is 43.3 Å². The number of aromatic nitrogens is 2. The quantitative estimate of drug-likeness (QED) is 0.154. The van der Waals surface area contributed by atoms with Gasteiger partial charge in [0.2, 0.25) is 11.8 Å². The molecule has 1 amide bonds. The Labute approximate surface area is 275 Å². The van der Waals surface area contributed by atoms with Gasteiger partial charge >= 0.3 is 6.09 Å². The Hall–Kier alpha value is -4.87. The van der Waals surface area contributed by atoms with Crippen molar-refractivity contribution in [2.75, 3.05) is 51.1 Å². The van der Waals surface area contributed by atoms with Crippen molar-refractivity contribution in [1.82, 2.24) is 14.9 Å². The lowest BCUT2D eigenvalue weighted by Crippen LogP contribution is -2.38. The molecular formula is C36H43N5O6. The van der Waals surface area contributed by atoms with Gasteiger partial charge in [-0.1, -0.05) is 18.6 Å². The molecule has 1 unspecified atom stereocenters. The number of hydrogen-bond donors (Lipinski definition) is 3. The summed E-state index contributed by atoms with van der Waals surface area (Å²) in [4.78, 5) is 24.6. The Morgan fingerprint density at radius 1 is 0.894 bits per heavy atom. The number of β-amino-alcohol motifs (C(OH)–C–C–N with tert-alkyl or cyclic N) is 1. The summed E-state index contributed by atoms with van der Waals surface area (Å²) in [5.74, 6) is 1.95. The van der Waals surface area contributed by atoms with E-state index in [1.165, 1.54) is 31.9 Å². The summed E-state index contributed by atoms with van der Waals surface area (Å²) >= 11 is 0. The Kier molecular flexibility index (Phi) is 11.1. The molecule has 0 radical (unpaired) electrons. The van der Waals surface area contributed by atoms with Crippen LogP contribution in [0.1, 0.15) is 36.0 Å². The predicted octanol–water partition coefficient (Wildman–Crippen LogP) is 6.67. The number of amides is 1. The number of benzene rings is 3. The average molecular weight is 642 g/mol. The minimum Gasteiger partial charge on any atom is -0.497 e. The molecule has 11 nitrogen and oxygen atoms in total. The Bertz CT molecular complexity index is 1670. The Balaban J connectivity index is 1.32. The van der Waals surface area contributed by atoms with Crippen LogP contribution in [0.5, 0.6) is 23.1 Å². The summed E-state index contributed by atoms with van der Waals surface area (Å²) in [6, 6.07) is 18.0. The first-order valence-electron chi connectivity index (χ1n) is 15.8. The fraction of sp³-hybridized carbons (Fsp3) is 0.361. The van der Waals surface area contributed by atoms with Crippen molar-refractivity contribution in [1.29, 1.82) is 0 Å². The van der Waals surface area contributed by atoms with Gasteiger partial charge in [0.05, 0.1) is 25.6 Å². The number of ether oxygens (including phenoxy) is 4. The standard InChI is InChI=1S/C36H43N5O6/c1-23-9-15-30(25(3)24(23)2)32-20-34(47-36(43)39-31-16-14-29(44-4)19-33(31)45-5)40-35(38-32)37-26-10-12-28(13-11-26)46-22-27(42)21-41-17-7-6-8-18-41/h9-16,19-20,27,42H,6-8,17-18,21-22H2,1-5H3,(H,39,43)(H,37,38,40). The van der Waals surface area contributed by atoms with E-state index in [0.717, 1.165) is 29.8 Å². The number of rotatable bonds is 12. The van der Waals surface area contributed by atoms with Gasteiger partial charge in [0, 0.05) is 29.9 Å². The van der Waals surface area contributed by atoms with Crippen LogP contribution < -0.4 is 29.6 Å². The van der Waals surface area contributed by atoms with Crippen LogP contribution in [0.15, 0.2) is 60.7 Å². The van der Waals surface area contributed by atoms with Gasteiger partial charge < -0.3 is 34.3 Å². The Morgan fingerprint density at radius 3 is 2.36 bits per heavy atom. The lowest BCUT2D eigenvalue weighted by atomic mass is 9.97. The molecule has 1 aliphatic rings. The summed E-state index contributed by atoms with van der Waals surface area (Å²) in [6.45, 7) is 9.06. The van der Waals surface area contributed by atoms with Crippen LogP contribution in [0.25, 0.3) is 11.3 Å². The van der Waals surface area contributed by atoms with Crippen molar-refractivity contribution in [2.45, 2.75) is 46.1 Å². The van der Waals surface area contributed by atoms with Crippen molar-refractivity contribution in [2.24, 2.45) is 0 Å². The van der Waals surface area contributed by atoms with Crippen LogP contribution in [0, 0.1) is 20.8 Å². The highest BCUT2D eigenvalue weighted by Crippen LogP contribution is 2.31. The van der Waals surface area contributed by atoms with Gasteiger partial charge in [-0.2, -0.15) is 4.98 Å². The monoisotopic (exact) mass is 641 g/mol. The van der Waals surface area contributed by atoms with E-state index in [9.17, 15) is 9.90 Å². The maximum Gasteiger partial charge on any atom is 0.418 e. The van der Waals surface area contributed by atoms with Crippen LogP contribution in [-0.2, 0) is 0 Å². The molecule has 1 aromatic heterocycles. The zero-order valence-corrected chi connectivity index (χ0v) is 27.6. The van der Waals surface area contributed by atoms with Crippen molar-refractivity contribution in [3.8, 4) is 34.4 Å². The number of aryl methyl sites for hydroxylation is 1. The minimum absolute atomic E-state index is 0.0581. The average Bonchev–Trinajstić information content (AvgIpc) is 3.07. The third kappa shape index (κ3) is 8.90. The molecule has 0 spiro atoms. The van der Waals surface area contributed by atoms with Crippen LogP contribution in [0.2, 0.25) is 0 Å². The number of carbonyl (C=O) groups excluding carboxylic acids is 1. The van der Waals surface area contributed by atoms with Gasteiger partial charge in [0.25, 0.3) is 0 Å². The number of likely N-dealkylation sites (tertiary alicyclic amines) is 1. The maximum absolute atomic E-state index is 13.0. The number of nitrogens with one attached hydrogen (secondary N) is 2. The largest absolute Gasteiger partial charge is 0.497 e. The van der Waals surface area contributed by atoms with E-state index in [4.69, 9.17) is 23.9 Å². The second kappa shape index (κ2) is 15.6. The van der Waals surface area contributed by atoms with Gasteiger partial charge in [-0.05, 0) is 99.8 Å². The molecular weight excluding hydrogens is 598 g/mol. The predicted molar refractivity (Wildman–Crippen MR) is 182 cm³/mol. The molecule has 1 atom stereocenters. The molecule has 4 aromatic rings. The highest BCUT2D eigenvalue weighted by Gasteiger charge is 2.17. The fourth-order valence-corrected chi connectivity index (χ4v) is 5.49. The third-order valence-corrected chi connectivity index (χ3v) is 8.35. The van der Waals surface area contributed by atoms with Crippen LogP contribution in [-0.4, -0.2) is 72.6 Å². The molecule has 1 aliphatic heterocycles. The molecule has 248 valence electrons. The van der Waals surface area contributed by atoms with Crippen molar-refractivity contribution in [3.63, 3.8) is 0 Å². The van der Waals surface area contributed by atoms with Gasteiger partial charge in [-0.15, -0.1) is 0 Å². The van der Waals surface area contributed by atoms with E-state index in [-0.39, 0.29) is 18.4 Å². The van der Waals surface area contributed by atoms with Gasteiger partial charge in [-0.25, -0.2) is 9.78 Å². The molecule has 5 rings (SSSR count). The molecule has 47 heavy (non-hydrogen) atoms. The Morgan fingerprint density at radius 2 is 1.64 bits per heavy atom. The fourth-order valence-electron chi connectivity index (χ4n) is 5.49. The summed E-state index contributed by atoms with van der Waals surface area (Å²) in [6.07, 6.45) is 2.31. The molecule has 0 saturated carbocycles. The molecule has 3 aromatic carbocycles.